The number of rotatable bonds is 7. The Morgan fingerprint density at radius 1 is 1.27 bits per heavy atom. The predicted octanol–water partition coefficient (Wildman–Crippen LogP) is 4.68. The smallest absolute Gasteiger partial charge is 0.324 e. The molecule has 1 heterocycles. The summed E-state index contributed by atoms with van der Waals surface area (Å²) in [4.78, 5) is 39.8. The molecule has 0 aromatic heterocycles. The number of hydrogen-bond acceptors (Lipinski definition) is 4. The van der Waals surface area contributed by atoms with Gasteiger partial charge in [-0.2, -0.15) is 0 Å². The number of urea groups is 1. The average molecular weight is 464 g/mol. The monoisotopic (exact) mass is 463 g/mol. The zero-order chi connectivity index (χ0) is 21.9. The second-order valence-corrected chi connectivity index (χ2v) is 8.62. The van der Waals surface area contributed by atoms with E-state index in [4.69, 9.17) is 23.2 Å². The van der Waals surface area contributed by atoms with Gasteiger partial charge < -0.3 is 10.6 Å². The van der Waals surface area contributed by atoms with Gasteiger partial charge in [-0.05, 0) is 31.2 Å². The molecule has 6 nitrogen and oxygen atoms in total. The highest BCUT2D eigenvalue weighted by molar-refractivity contribution is 7.99. The molecule has 1 unspecified atom stereocenters. The lowest BCUT2D eigenvalue weighted by atomic mass is 9.92. The molecule has 0 bridgehead atoms. The summed E-state index contributed by atoms with van der Waals surface area (Å²) in [6.45, 7) is 4.81. The van der Waals surface area contributed by atoms with Crippen molar-refractivity contribution >= 4 is 58.5 Å². The van der Waals surface area contributed by atoms with Crippen LogP contribution in [0.2, 0.25) is 10.0 Å². The second-order valence-electron chi connectivity index (χ2n) is 6.71. The normalized spacial score (nSPS) is 18.3. The van der Waals surface area contributed by atoms with Crippen molar-refractivity contribution in [2.45, 2.75) is 17.4 Å². The van der Waals surface area contributed by atoms with Crippen LogP contribution in [0.15, 0.2) is 60.0 Å². The third kappa shape index (κ3) is 4.48. The zero-order valence-corrected chi connectivity index (χ0v) is 18.4. The van der Waals surface area contributed by atoms with Gasteiger partial charge in [0.1, 0.15) is 12.1 Å². The molecule has 1 fully saturated rings. The summed E-state index contributed by atoms with van der Waals surface area (Å²) in [6.07, 6.45) is 1.76. The van der Waals surface area contributed by atoms with Crippen molar-refractivity contribution in [2.75, 3.05) is 17.6 Å². The first-order chi connectivity index (χ1) is 14.3. The number of carbonyl (C=O) groups excluding carboxylic acids is 3. The first-order valence-corrected chi connectivity index (χ1v) is 10.7. The summed E-state index contributed by atoms with van der Waals surface area (Å²) >= 11 is 13.7. The number of hydrogen-bond donors (Lipinski definition) is 2. The SMILES string of the molecule is C=CCSc1ccccc1NC(=O)CN1C(=O)NC(C)(c2ccc(Cl)cc2Cl)C1=O. The maximum Gasteiger partial charge on any atom is 0.325 e. The molecule has 0 radical (unpaired) electrons. The molecular weight excluding hydrogens is 445 g/mol. The molecular formula is C21H19Cl2N3O3S. The highest BCUT2D eigenvalue weighted by atomic mass is 35.5. The van der Waals surface area contributed by atoms with Crippen molar-refractivity contribution in [1.29, 1.82) is 0 Å². The van der Waals surface area contributed by atoms with Gasteiger partial charge in [-0.15, -0.1) is 18.3 Å². The number of para-hydroxylation sites is 1. The van der Waals surface area contributed by atoms with E-state index < -0.39 is 29.9 Å². The van der Waals surface area contributed by atoms with Crippen LogP contribution in [-0.4, -0.2) is 35.0 Å². The van der Waals surface area contributed by atoms with Gasteiger partial charge in [-0.1, -0.05) is 47.5 Å². The third-order valence-corrected chi connectivity index (χ3v) is 6.18. The molecule has 1 aliphatic heterocycles. The standard InChI is InChI=1S/C21H19Cl2N3O3S/c1-3-10-30-17-7-5-4-6-16(17)24-18(27)12-26-19(28)21(2,25-20(26)29)14-9-8-13(22)11-15(14)23/h3-9,11H,1,10,12H2,2H3,(H,24,27)(H,25,29). The molecule has 1 aliphatic rings. The minimum atomic E-state index is -1.39. The molecule has 2 N–H and O–H groups in total. The van der Waals surface area contributed by atoms with E-state index in [0.29, 0.717) is 22.0 Å². The number of amides is 4. The summed E-state index contributed by atoms with van der Waals surface area (Å²) in [5.41, 5.74) is -0.387. The number of benzene rings is 2. The van der Waals surface area contributed by atoms with Gasteiger partial charge in [0.15, 0.2) is 0 Å². The van der Waals surface area contributed by atoms with Crippen LogP contribution in [0.4, 0.5) is 10.5 Å². The second kappa shape index (κ2) is 9.12. The number of imide groups is 1. The Kier molecular flexibility index (Phi) is 6.75. The van der Waals surface area contributed by atoms with Gasteiger partial charge in [0.25, 0.3) is 5.91 Å². The first-order valence-electron chi connectivity index (χ1n) is 8.98. The van der Waals surface area contributed by atoms with Gasteiger partial charge in [0, 0.05) is 26.3 Å². The van der Waals surface area contributed by atoms with E-state index >= 15 is 0 Å². The van der Waals surface area contributed by atoms with Crippen LogP contribution >= 0.6 is 35.0 Å². The fourth-order valence-electron chi connectivity index (χ4n) is 3.10. The number of nitrogens with one attached hydrogen (secondary N) is 2. The minimum absolute atomic E-state index is 0.248. The fraction of sp³-hybridized carbons (Fsp3) is 0.190. The lowest BCUT2D eigenvalue weighted by Gasteiger charge is -2.23. The fourth-order valence-corrected chi connectivity index (χ4v) is 4.44. The number of halogens is 2. The number of nitrogens with zero attached hydrogens (tertiary/aromatic N) is 1. The van der Waals surface area contributed by atoms with Gasteiger partial charge in [0.2, 0.25) is 5.91 Å². The van der Waals surface area contributed by atoms with Gasteiger partial charge >= 0.3 is 6.03 Å². The quantitative estimate of drug-likeness (QED) is 0.355. The van der Waals surface area contributed by atoms with Crippen LogP contribution in [0.5, 0.6) is 0 Å². The number of thioether (sulfide) groups is 1. The van der Waals surface area contributed by atoms with Crippen molar-refractivity contribution in [3.8, 4) is 0 Å². The Labute approximate surface area is 188 Å². The molecule has 2 aromatic carbocycles. The van der Waals surface area contributed by atoms with E-state index in [1.165, 1.54) is 17.8 Å². The van der Waals surface area contributed by atoms with Crippen LogP contribution < -0.4 is 10.6 Å². The molecule has 3 rings (SSSR count). The Balaban J connectivity index is 1.76. The highest BCUT2D eigenvalue weighted by Gasteiger charge is 2.50. The van der Waals surface area contributed by atoms with Crippen LogP contribution in [0.1, 0.15) is 12.5 Å². The maximum absolute atomic E-state index is 13.0. The van der Waals surface area contributed by atoms with Gasteiger partial charge in [0.05, 0.1) is 5.69 Å². The van der Waals surface area contributed by atoms with Crippen molar-refractivity contribution in [2.24, 2.45) is 0 Å². The van der Waals surface area contributed by atoms with Gasteiger partial charge in [-0.3, -0.25) is 14.5 Å². The van der Waals surface area contributed by atoms with Crippen molar-refractivity contribution < 1.29 is 14.4 Å². The molecule has 0 spiro atoms. The largest absolute Gasteiger partial charge is 0.325 e. The van der Waals surface area contributed by atoms with Crippen LogP contribution in [-0.2, 0) is 15.1 Å². The van der Waals surface area contributed by atoms with Gasteiger partial charge in [-0.25, -0.2) is 4.79 Å². The molecule has 1 saturated heterocycles. The number of anilines is 1. The summed E-state index contributed by atoms with van der Waals surface area (Å²) in [6, 6.07) is 11.3. The van der Waals surface area contributed by atoms with Crippen LogP contribution in [0.3, 0.4) is 0 Å². The lowest BCUT2D eigenvalue weighted by Crippen LogP contribution is -2.42. The minimum Gasteiger partial charge on any atom is -0.324 e. The highest BCUT2D eigenvalue weighted by Crippen LogP contribution is 2.35. The molecule has 30 heavy (non-hydrogen) atoms. The molecule has 1 atom stereocenters. The maximum atomic E-state index is 13.0. The van der Waals surface area contributed by atoms with Crippen molar-refractivity contribution in [3.05, 3.63) is 70.7 Å². The van der Waals surface area contributed by atoms with E-state index in [1.807, 2.05) is 12.1 Å². The topological polar surface area (TPSA) is 78.5 Å². The molecule has 156 valence electrons. The number of carbonyl (C=O) groups is 3. The summed E-state index contributed by atoms with van der Waals surface area (Å²) < 4.78 is 0. The molecule has 2 aromatic rings. The van der Waals surface area contributed by atoms with E-state index in [2.05, 4.69) is 17.2 Å². The Morgan fingerprint density at radius 2 is 2.00 bits per heavy atom. The van der Waals surface area contributed by atoms with E-state index in [0.717, 1.165) is 9.80 Å². The first kappa shape index (κ1) is 22.2. The molecule has 4 amide bonds. The Hall–Kier alpha value is -2.48. The van der Waals surface area contributed by atoms with Crippen LogP contribution in [0.25, 0.3) is 0 Å². The molecule has 0 saturated carbocycles. The van der Waals surface area contributed by atoms with E-state index in [-0.39, 0.29) is 5.02 Å². The van der Waals surface area contributed by atoms with Crippen molar-refractivity contribution in [1.82, 2.24) is 10.2 Å². The van der Waals surface area contributed by atoms with Crippen molar-refractivity contribution in [3.63, 3.8) is 0 Å². The Morgan fingerprint density at radius 3 is 2.70 bits per heavy atom. The lowest BCUT2D eigenvalue weighted by molar-refractivity contribution is -0.133. The summed E-state index contributed by atoms with van der Waals surface area (Å²) in [5.74, 6) is -0.377. The van der Waals surface area contributed by atoms with E-state index in [9.17, 15) is 14.4 Å². The average Bonchev–Trinajstić information content (AvgIpc) is 2.91. The zero-order valence-electron chi connectivity index (χ0n) is 16.1. The summed E-state index contributed by atoms with van der Waals surface area (Å²) in [5, 5.41) is 6.05. The predicted molar refractivity (Wildman–Crippen MR) is 120 cm³/mol. The summed E-state index contributed by atoms with van der Waals surface area (Å²) in [7, 11) is 0. The molecule has 0 aliphatic carbocycles. The Bertz CT molecular complexity index is 1030. The third-order valence-electron chi connectivity index (χ3n) is 4.56. The van der Waals surface area contributed by atoms with Crippen LogP contribution in [0, 0.1) is 0 Å². The molecule has 9 heteroatoms. The van der Waals surface area contributed by atoms with E-state index in [1.54, 1.807) is 37.3 Å².